The van der Waals surface area contributed by atoms with Gasteiger partial charge in [-0.25, -0.2) is 0 Å². The largest absolute Gasteiger partial charge is 0.388 e. The number of nitrogens with zero attached hydrogens (tertiary/aromatic N) is 2. The lowest BCUT2D eigenvalue weighted by Gasteiger charge is -2.32. The van der Waals surface area contributed by atoms with Crippen molar-refractivity contribution in [3.05, 3.63) is 35.9 Å². The van der Waals surface area contributed by atoms with Gasteiger partial charge in [0.2, 0.25) is 0 Å². The summed E-state index contributed by atoms with van der Waals surface area (Å²) in [4.78, 5) is 5.06. The molecule has 116 valence electrons. The first-order valence-electron chi connectivity index (χ1n) is 8.10. The molecule has 0 bridgehead atoms. The molecule has 2 fully saturated rings. The molecule has 2 aliphatic heterocycles. The smallest absolute Gasteiger partial charge is 0.0802 e. The van der Waals surface area contributed by atoms with Gasteiger partial charge in [0.25, 0.3) is 0 Å². The Bertz CT molecular complexity index is 420. The fourth-order valence-corrected chi connectivity index (χ4v) is 3.40. The fourth-order valence-electron chi connectivity index (χ4n) is 3.40. The molecule has 21 heavy (non-hydrogen) atoms. The van der Waals surface area contributed by atoms with Crippen molar-refractivity contribution >= 4 is 0 Å². The van der Waals surface area contributed by atoms with Crippen molar-refractivity contribution in [3.63, 3.8) is 0 Å². The van der Waals surface area contributed by atoms with Gasteiger partial charge in [-0.3, -0.25) is 4.90 Å². The lowest BCUT2D eigenvalue weighted by molar-refractivity contribution is 0.0182. The van der Waals surface area contributed by atoms with Gasteiger partial charge in [0, 0.05) is 32.2 Å². The molecule has 0 radical (unpaired) electrons. The molecule has 0 aromatic heterocycles. The maximum absolute atomic E-state index is 10.2. The van der Waals surface area contributed by atoms with E-state index >= 15 is 0 Å². The maximum atomic E-state index is 10.2. The lowest BCUT2D eigenvalue weighted by Crippen LogP contribution is -2.44. The minimum Gasteiger partial charge on any atom is -0.388 e. The summed E-state index contributed by atoms with van der Waals surface area (Å²) >= 11 is 0. The van der Waals surface area contributed by atoms with Crippen molar-refractivity contribution in [1.82, 2.24) is 9.80 Å². The number of ether oxygens (including phenoxy) is 1. The monoisotopic (exact) mass is 290 g/mol. The van der Waals surface area contributed by atoms with Crippen LogP contribution in [0.4, 0.5) is 0 Å². The standard InChI is InChI=1S/C17H26N2O2/c20-17(15-4-2-1-3-5-15)7-9-18-8-6-16(14-18)19-10-12-21-13-11-19/h1-5,16-17,20H,6-14H2. The van der Waals surface area contributed by atoms with Crippen molar-refractivity contribution < 1.29 is 9.84 Å². The van der Waals surface area contributed by atoms with Gasteiger partial charge in [0.05, 0.1) is 19.3 Å². The molecule has 2 saturated heterocycles. The summed E-state index contributed by atoms with van der Waals surface area (Å²) in [5.41, 5.74) is 1.03. The zero-order valence-electron chi connectivity index (χ0n) is 12.7. The first-order valence-corrected chi connectivity index (χ1v) is 8.10. The van der Waals surface area contributed by atoms with Crippen LogP contribution in [0.5, 0.6) is 0 Å². The molecule has 2 atom stereocenters. The molecule has 0 amide bonds. The summed E-state index contributed by atoms with van der Waals surface area (Å²) in [6.45, 7) is 7.19. The summed E-state index contributed by atoms with van der Waals surface area (Å²) in [6.07, 6.45) is 1.73. The van der Waals surface area contributed by atoms with Crippen molar-refractivity contribution in [2.75, 3.05) is 45.9 Å². The molecule has 1 aromatic rings. The number of likely N-dealkylation sites (tertiary alicyclic amines) is 1. The van der Waals surface area contributed by atoms with Crippen LogP contribution >= 0.6 is 0 Å². The Hall–Kier alpha value is -0.940. The van der Waals surface area contributed by atoms with Crippen LogP contribution in [0.15, 0.2) is 30.3 Å². The van der Waals surface area contributed by atoms with Gasteiger partial charge in [-0.05, 0) is 24.9 Å². The van der Waals surface area contributed by atoms with Crippen LogP contribution in [0.1, 0.15) is 24.5 Å². The topological polar surface area (TPSA) is 35.9 Å². The molecular formula is C17H26N2O2. The summed E-state index contributed by atoms with van der Waals surface area (Å²) < 4.78 is 5.43. The zero-order chi connectivity index (χ0) is 14.5. The Morgan fingerprint density at radius 2 is 1.90 bits per heavy atom. The van der Waals surface area contributed by atoms with Crippen LogP contribution in [0.2, 0.25) is 0 Å². The number of hydrogen-bond donors (Lipinski definition) is 1. The van der Waals surface area contributed by atoms with Crippen LogP contribution in [0.3, 0.4) is 0 Å². The molecular weight excluding hydrogens is 264 g/mol. The van der Waals surface area contributed by atoms with Crippen LogP contribution < -0.4 is 0 Å². The predicted octanol–water partition coefficient (Wildman–Crippen LogP) is 1.52. The first kappa shape index (κ1) is 15.0. The highest BCUT2D eigenvalue weighted by atomic mass is 16.5. The van der Waals surface area contributed by atoms with E-state index in [1.54, 1.807) is 0 Å². The summed E-state index contributed by atoms with van der Waals surface area (Å²) in [6, 6.07) is 10.7. The Morgan fingerprint density at radius 3 is 2.67 bits per heavy atom. The SMILES string of the molecule is OC(CCN1CCC(N2CCOCC2)C1)c1ccccc1. The van der Waals surface area contributed by atoms with Gasteiger partial charge in [-0.1, -0.05) is 30.3 Å². The van der Waals surface area contributed by atoms with Gasteiger partial charge in [-0.15, -0.1) is 0 Å². The average molecular weight is 290 g/mol. The number of rotatable bonds is 5. The third-order valence-electron chi connectivity index (χ3n) is 4.71. The fraction of sp³-hybridized carbons (Fsp3) is 0.647. The maximum Gasteiger partial charge on any atom is 0.0802 e. The van der Waals surface area contributed by atoms with E-state index in [0.717, 1.165) is 57.9 Å². The molecule has 2 heterocycles. The van der Waals surface area contributed by atoms with Gasteiger partial charge >= 0.3 is 0 Å². The number of benzene rings is 1. The lowest BCUT2D eigenvalue weighted by atomic mass is 10.1. The van der Waals surface area contributed by atoms with E-state index in [0.29, 0.717) is 6.04 Å². The number of aliphatic hydroxyl groups excluding tert-OH is 1. The quantitative estimate of drug-likeness (QED) is 0.892. The van der Waals surface area contributed by atoms with E-state index in [4.69, 9.17) is 4.74 Å². The Balaban J connectivity index is 1.42. The molecule has 4 nitrogen and oxygen atoms in total. The van der Waals surface area contributed by atoms with E-state index in [2.05, 4.69) is 9.80 Å². The van der Waals surface area contributed by atoms with Gasteiger partial charge < -0.3 is 14.7 Å². The summed E-state index contributed by atoms with van der Waals surface area (Å²) in [5, 5.41) is 10.2. The van der Waals surface area contributed by atoms with E-state index in [9.17, 15) is 5.11 Å². The van der Waals surface area contributed by atoms with E-state index in [1.807, 2.05) is 30.3 Å². The first-order chi connectivity index (χ1) is 10.3. The summed E-state index contributed by atoms with van der Waals surface area (Å²) in [7, 11) is 0. The van der Waals surface area contributed by atoms with Gasteiger partial charge in [0.15, 0.2) is 0 Å². The van der Waals surface area contributed by atoms with E-state index < -0.39 is 0 Å². The second-order valence-corrected chi connectivity index (χ2v) is 6.11. The highest BCUT2D eigenvalue weighted by Crippen LogP contribution is 2.20. The molecule has 0 aliphatic carbocycles. The second kappa shape index (κ2) is 7.36. The number of morpholine rings is 1. The molecule has 1 N–H and O–H groups in total. The second-order valence-electron chi connectivity index (χ2n) is 6.11. The van der Waals surface area contributed by atoms with Crippen LogP contribution in [-0.2, 0) is 4.74 Å². The average Bonchev–Trinajstić information content (AvgIpc) is 3.03. The van der Waals surface area contributed by atoms with Gasteiger partial charge in [-0.2, -0.15) is 0 Å². The van der Waals surface area contributed by atoms with Crippen molar-refractivity contribution in [2.45, 2.75) is 25.0 Å². The van der Waals surface area contributed by atoms with Crippen molar-refractivity contribution in [3.8, 4) is 0 Å². The van der Waals surface area contributed by atoms with Crippen molar-refractivity contribution in [1.29, 1.82) is 0 Å². The third-order valence-corrected chi connectivity index (χ3v) is 4.71. The number of hydrogen-bond acceptors (Lipinski definition) is 4. The zero-order valence-corrected chi connectivity index (χ0v) is 12.7. The molecule has 1 aromatic carbocycles. The van der Waals surface area contributed by atoms with Crippen LogP contribution in [-0.4, -0.2) is 66.9 Å². The molecule has 2 aliphatic rings. The van der Waals surface area contributed by atoms with Gasteiger partial charge in [0.1, 0.15) is 0 Å². The normalized spacial score (nSPS) is 26.0. The molecule has 4 heteroatoms. The number of aliphatic hydroxyl groups is 1. The molecule has 3 rings (SSSR count). The summed E-state index contributed by atoms with van der Waals surface area (Å²) in [5.74, 6) is 0. The minimum absolute atomic E-state index is 0.339. The van der Waals surface area contributed by atoms with Crippen molar-refractivity contribution in [2.24, 2.45) is 0 Å². The van der Waals surface area contributed by atoms with Crippen LogP contribution in [0.25, 0.3) is 0 Å². The van der Waals surface area contributed by atoms with E-state index in [1.165, 1.54) is 6.42 Å². The third kappa shape index (κ3) is 4.04. The highest BCUT2D eigenvalue weighted by molar-refractivity contribution is 5.17. The Kier molecular flexibility index (Phi) is 5.25. The minimum atomic E-state index is -0.339. The highest BCUT2D eigenvalue weighted by Gasteiger charge is 2.28. The Labute approximate surface area is 127 Å². The Morgan fingerprint density at radius 1 is 1.14 bits per heavy atom. The van der Waals surface area contributed by atoms with Crippen LogP contribution in [0, 0.1) is 0 Å². The van der Waals surface area contributed by atoms with E-state index in [-0.39, 0.29) is 6.10 Å². The predicted molar refractivity (Wildman–Crippen MR) is 83.3 cm³/mol. The molecule has 0 saturated carbocycles. The molecule has 2 unspecified atom stereocenters. The molecule has 0 spiro atoms.